The van der Waals surface area contributed by atoms with Crippen LogP contribution in [-0.4, -0.2) is 21.8 Å². The van der Waals surface area contributed by atoms with Gasteiger partial charge in [0.15, 0.2) is 11.1 Å². The van der Waals surface area contributed by atoms with Gasteiger partial charge in [-0.15, -0.1) is 11.3 Å². The number of carbonyl (C=O) groups is 1. The van der Waals surface area contributed by atoms with Crippen LogP contribution in [0.5, 0.6) is 0 Å². The quantitative estimate of drug-likeness (QED) is 0.672. The van der Waals surface area contributed by atoms with E-state index >= 15 is 0 Å². The van der Waals surface area contributed by atoms with Gasteiger partial charge in [-0.3, -0.25) is 0 Å². The van der Waals surface area contributed by atoms with Gasteiger partial charge in [0.25, 0.3) is 0 Å². The molecule has 1 atom stereocenters. The van der Waals surface area contributed by atoms with Crippen LogP contribution in [0.15, 0.2) is 22.4 Å². The SMILES string of the molecule is COC(=O)c1scc(C)c1-c1ccc(S(=O)O)c2c1CCCC2. The Labute approximate surface area is 141 Å². The Morgan fingerprint density at radius 3 is 2.61 bits per heavy atom. The second-order valence-electron chi connectivity index (χ2n) is 5.64. The molecule has 4 nitrogen and oxygen atoms in total. The third kappa shape index (κ3) is 2.86. The molecule has 1 unspecified atom stereocenters. The molecule has 0 amide bonds. The largest absolute Gasteiger partial charge is 0.465 e. The van der Waals surface area contributed by atoms with E-state index in [9.17, 15) is 13.6 Å². The number of hydrogen-bond acceptors (Lipinski definition) is 4. The Bertz CT molecular complexity index is 792. The minimum absolute atomic E-state index is 0.336. The van der Waals surface area contributed by atoms with Gasteiger partial charge in [-0.25, -0.2) is 9.00 Å². The lowest BCUT2D eigenvalue weighted by Crippen LogP contribution is -2.10. The molecule has 0 bridgehead atoms. The number of benzene rings is 1. The van der Waals surface area contributed by atoms with Crippen molar-refractivity contribution in [3.05, 3.63) is 39.1 Å². The number of methoxy groups -OCH3 is 1. The van der Waals surface area contributed by atoms with Crippen LogP contribution in [0.2, 0.25) is 0 Å². The van der Waals surface area contributed by atoms with E-state index in [1.54, 1.807) is 6.07 Å². The maximum atomic E-state index is 12.1. The predicted molar refractivity (Wildman–Crippen MR) is 91.5 cm³/mol. The molecule has 1 aliphatic rings. The summed E-state index contributed by atoms with van der Waals surface area (Å²) in [4.78, 5) is 13.2. The summed E-state index contributed by atoms with van der Waals surface area (Å²) in [5, 5.41) is 1.95. The van der Waals surface area contributed by atoms with Crippen molar-refractivity contribution in [1.82, 2.24) is 0 Å². The maximum absolute atomic E-state index is 12.1. The van der Waals surface area contributed by atoms with Crippen molar-refractivity contribution < 1.29 is 18.3 Å². The topological polar surface area (TPSA) is 63.6 Å². The van der Waals surface area contributed by atoms with Crippen molar-refractivity contribution in [1.29, 1.82) is 0 Å². The van der Waals surface area contributed by atoms with Crippen LogP contribution >= 0.6 is 11.3 Å². The molecule has 1 heterocycles. The summed E-state index contributed by atoms with van der Waals surface area (Å²) in [6.45, 7) is 1.98. The molecule has 1 N–H and O–H groups in total. The Morgan fingerprint density at radius 1 is 1.26 bits per heavy atom. The molecular weight excluding hydrogens is 332 g/mol. The van der Waals surface area contributed by atoms with Gasteiger partial charge in [0.05, 0.1) is 12.0 Å². The first-order valence-corrected chi connectivity index (χ1v) is 9.45. The molecule has 3 rings (SSSR count). The van der Waals surface area contributed by atoms with Crippen LogP contribution in [0.4, 0.5) is 0 Å². The molecule has 2 aromatic rings. The zero-order chi connectivity index (χ0) is 16.6. The summed E-state index contributed by atoms with van der Waals surface area (Å²) < 4.78 is 26.0. The summed E-state index contributed by atoms with van der Waals surface area (Å²) in [5.41, 5.74) is 4.99. The fraction of sp³-hybridized carbons (Fsp3) is 0.353. The lowest BCUT2D eigenvalue weighted by Gasteiger charge is -2.22. The summed E-state index contributed by atoms with van der Waals surface area (Å²) in [5.74, 6) is -0.336. The highest BCUT2D eigenvalue weighted by Gasteiger charge is 2.25. The Morgan fingerprint density at radius 2 is 1.96 bits per heavy atom. The monoisotopic (exact) mass is 350 g/mol. The third-order valence-corrected chi connectivity index (χ3v) is 6.13. The number of hydrogen-bond donors (Lipinski definition) is 1. The first kappa shape index (κ1) is 16.4. The van der Waals surface area contributed by atoms with Crippen molar-refractivity contribution in [2.75, 3.05) is 7.11 Å². The van der Waals surface area contributed by atoms with E-state index in [2.05, 4.69) is 0 Å². The van der Waals surface area contributed by atoms with Gasteiger partial charge < -0.3 is 9.29 Å². The number of esters is 1. The molecule has 0 saturated carbocycles. The van der Waals surface area contributed by atoms with E-state index in [-0.39, 0.29) is 5.97 Å². The maximum Gasteiger partial charge on any atom is 0.348 e. The number of thiophene rings is 1. The first-order valence-electron chi connectivity index (χ1n) is 7.47. The highest BCUT2D eigenvalue weighted by atomic mass is 32.2. The standard InChI is InChI=1S/C17H18O4S2/c1-10-9-22-16(17(18)21-2)15(10)13-7-8-14(23(19)20)12-6-4-3-5-11(12)13/h7-9H,3-6H2,1-2H3,(H,19,20). The third-order valence-electron chi connectivity index (χ3n) is 4.29. The van der Waals surface area contributed by atoms with Crippen LogP contribution < -0.4 is 0 Å². The Hall–Kier alpha value is -1.50. The lowest BCUT2D eigenvalue weighted by atomic mass is 9.85. The average Bonchev–Trinajstić information content (AvgIpc) is 2.94. The van der Waals surface area contributed by atoms with E-state index < -0.39 is 11.1 Å². The molecule has 1 aliphatic carbocycles. The molecule has 0 saturated heterocycles. The second kappa shape index (κ2) is 6.55. The van der Waals surface area contributed by atoms with Crippen molar-refractivity contribution in [2.24, 2.45) is 0 Å². The zero-order valence-electron chi connectivity index (χ0n) is 13.0. The van der Waals surface area contributed by atoms with E-state index in [0.717, 1.165) is 53.5 Å². The highest BCUT2D eigenvalue weighted by molar-refractivity contribution is 7.79. The van der Waals surface area contributed by atoms with Crippen LogP contribution in [0.1, 0.15) is 39.2 Å². The smallest absolute Gasteiger partial charge is 0.348 e. The van der Waals surface area contributed by atoms with Gasteiger partial charge >= 0.3 is 5.97 Å². The highest BCUT2D eigenvalue weighted by Crippen LogP contribution is 2.40. The van der Waals surface area contributed by atoms with E-state index in [1.165, 1.54) is 18.4 Å². The van der Waals surface area contributed by atoms with Crippen molar-refractivity contribution in [2.45, 2.75) is 37.5 Å². The molecule has 1 aromatic carbocycles. The first-order chi connectivity index (χ1) is 11.0. The van der Waals surface area contributed by atoms with Crippen LogP contribution in [0.25, 0.3) is 11.1 Å². The fourth-order valence-corrected chi connectivity index (χ4v) is 4.86. The van der Waals surface area contributed by atoms with E-state index in [4.69, 9.17) is 4.74 Å². The van der Waals surface area contributed by atoms with Gasteiger partial charge in [-0.05, 0) is 66.3 Å². The molecule has 0 fully saturated rings. The number of aryl methyl sites for hydroxylation is 1. The zero-order valence-corrected chi connectivity index (χ0v) is 14.7. The van der Waals surface area contributed by atoms with E-state index in [0.29, 0.717) is 9.77 Å². The van der Waals surface area contributed by atoms with Crippen molar-refractivity contribution in [3.63, 3.8) is 0 Å². The average molecular weight is 350 g/mol. The van der Waals surface area contributed by atoms with Gasteiger partial charge in [-0.2, -0.15) is 0 Å². The molecule has 0 aliphatic heterocycles. The van der Waals surface area contributed by atoms with Gasteiger partial charge in [0.1, 0.15) is 4.88 Å². The molecular formula is C17H18O4S2. The minimum Gasteiger partial charge on any atom is -0.465 e. The number of ether oxygens (including phenoxy) is 1. The molecule has 23 heavy (non-hydrogen) atoms. The number of rotatable bonds is 3. The number of fused-ring (bicyclic) bond motifs is 1. The molecule has 122 valence electrons. The lowest BCUT2D eigenvalue weighted by molar-refractivity contribution is 0.0607. The molecule has 0 radical (unpaired) electrons. The van der Waals surface area contributed by atoms with Crippen LogP contribution in [-0.2, 0) is 28.7 Å². The summed E-state index contributed by atoms with van der Waals surface area (Å²) in [6.07, 6.45) is 3.75. The molecule has 1 aromatic heterocycles. The molecule has 0 spiro atoms. The Balaban J connectivity index is 2.24. The van der Waals surface area contributed by atoms with E-state index in [1.807, 2.05) is 18.4 Å². The minimum atomic E-state index is -1.98. The van der Waals surface area contributed by atoms with Crippen LogP contribution in [0, 0.1) is 6.92 Å². The molecule has 6 heteroatoms. The van der Waals surface area contributed by atoms with Crippen LogP contribution in [0.3, 0.4) is 0 Å². The van der Waals surface area contributed by atoms with Crippen molar-refractivity contribution >= 4 is 28.4 Å². The van der Waals surface area contributed by atoms with Gasteiger partial charge in [0.2, 0.25) is 0 Å². The number of carbonyl (C=O) groups excluding carboxylic acids is 1. The summed E-state index contributed by atoms with van der Waals surface area (Å²) in [6, 6.07) is 3.59. The second-order valence-corrected chi connectivity index (χ2v) is 7.46. The fourth-order valence-electron chi connectivity index (χ4n) is 3.25. The summed E-state index contributed by atoms with van der Waals surface area (Å²) >= 11 is -0.603. The Kier molecular flexibility index (Phi) is 4.66. The van der Waals surface area contributed by atoms with Gasteiger partial charge in [0, 0.05) is 5.56 Å². The normalized spacial score (nSPS) is 15.1. The van der Waals surface area contributed by atoms with Crippen molar-refractivity contribution in [3.8, 4) is 11.1 Å². The van der Waals surface area contributed by atoms with Gasteiger partial charge in [-0.1, -0.05) is 6.07 Å². The summed E-state index contributed by atoms with van der Waals surface area (Å²) in [7, 11) is 1.38. The predicted octanol–water partition coefficient (Wildman–Crippen LogP) is 3.97.